The predicted octanol–water partition coefficient (Wildman–Crippen LogP) is 2.82. The number of amides is 2. The van der Waals surface area contributed by atoms with Crippen LogP contribution < -0.4 is 0 Å². The Bertz CT molecular complexity index is 968. The fraction of sp³-hybridized carbons (Fsp3) is 0.400. The van der Waals surface area contributed by atoms with Gasteiger partial charge in [0.25, 0.3) is 11.8 Å². The molecule has 2 aliphatic rings. The van der Waals surface area contributed by atoms with Crippen LogP contribution in [0.5, 0.6) is 0 Å². The number of morpholine rings is 1. The van der Waals surface area contributed by atoms with E-state index in [1.54, 1.807) is 21.9 Å². The van der Waals surface area contributed by atoms with Crippen LogP contribution in [0.2, 0.25) is 0 Å². The molecule has 2 aromatic rings. The number of ether oxygens (including phenoxy) is 2. The molecule has 0 radical (unpaired) electrons. The van der Waals surface area contributed by atoms with Gasteiger partial charge in [-0.2, -0.15) is 0 Å². The number of benzene rings is 2. The molecule has 8 heteroatoms. The summed E-state index contributed by atoms with van der Waals surface area (Å²) in [5.41, 5.74) is 1.05. The van der Waals surface area contributed by atoms with E-state index in [0.717, 1.165) is 0 Å². The summed E-state index contributed by atoms with van der Waals surface area (Å²) in [6, 6.07) is 14.4. The van der Waals surface area contributed by atoms with E-state index in [2.05, 4.69) is 0 Å². The van der Waals surface area contributed by atoms with Crippen molar-refractivity contribution in [3.05, 3.63) is 71.5 Å². The molecule has 2 fully saturated rings. The molecule has 2 saturated heterocycles. The van der Waals surface area contributed by atoms with Crippen LogP contribution in [0.25, 0.3) is 0 Å². The Labute approximate surface area is 192 Å². The van der Waals surface area contributed by atoms with Gasteiger partial charge in [-0.25, -0.2) is 4.39 Å². The number of halogens is 1. The molecule has 0 saturated carbocycles. The van der Waals surface area contributed by atoms with Crippen LogP contribution in [0.4, 0.5) is 4.39 Å². The highest BCUT2D eigenvalue weighted by molar-refractivity contribution is 5.94. The van der Waals surface area contributed by atoms with Crippen LogP contribution in [-0.4, -0.2) is 67.0 Å². The summed E-state index contributed by atoms with van der Waals surface area (Å²) in [5.74, 6) is -1.66. The minimum Gasteiger partial charge on any atom is -0.447 e. The minimum atomic E-state index is -1.00. The highest BCUT2D eigenvalue weighted by Gasteiger charge is 2.34. The molecule has 0 unspecified atom stereocenters. The number of piperidine rings is 1. The van der Waals surface area contributed by atoms with E-state index in [4.69, 9.17) is 9.47 Å². The van der Waals surface area contributed by atoms with Crippen LogP contribution >= 0.6 is 0 Å². The van der Waals surface area contributed by atoms with Crippen molar-refractivity contribution in [2.24, 2.45) is 5.92 Å². The lowest BCUT2D eigenvalue weighted by atomic mass is 9.96. The Kier molecular flexibility index (Phi) is 7.34. The summed E-state index contributed by atoms with van der Waals surface area (Å²) in [7, 11) is 0. The van der Waals surface area contributed by atoms with Crippen LogP contribution in [0.3, 0.4) is 0 Å². The zero-order chi connectivity index (χ0) is 23.2. The van der Waals surface area contributed by atoms with Crippen molar-refractivity contribution in [3.63, 3.8) is 0 Å². The maximum absolute atomic E-state index is 13.2. The number of hydrogen-bond donors (Lipinski definition) is 0. The number of carbonyl (C=O) groups is 3. The van der Waals surface area contributed by atoms with Gasteiger partial charge in [0.05, 0.1) is 19.1 Å². The molecule has 33 heavy (non-hydrogen) atoms. The standard InChI is InChI=1S/C25H27FN2O5/c26-21-8-6-19(7-9-21)23(29)27-12-10-20(11-13-27)25(31)33-22(18-4-2-1-3-5-18)24(30)28-14-16-32-17-15-28/h1-9,20,22H,10-17H2/t22-/m1/s1. The Morgan fingerprint density at radius 3 is 2.15 bits per heavy atom. The normalized spacial score (nSPS) is 18.0. The van der Waals surface area contributed by atoms with Gasteiger partial charge >= 0.3 is 5.97 Å². The molecule has 0 aromatic heterocycles. The number of nitrogens with zero attached hydrogens (tertiary/aromatic N) is 2. The molecule has 0 N–H and O–H groups in total. The van der Waals surface area contributed by atoms with E-state index in [1.807, 2.05) is 18.2 Å². The lowest BCUT2D eigenvalue weighted by Crippen LogP contribution is -2.45. The Morgan fingerprint density at radius 1 is 0.879 bits per heavy atom. The Balaban J connectivity index is 1.38. The van der Waals surface area contributed by atoms with Crippen molar-refractivity contribution < 1.29 is 28.2 Å². The Morgan fingerprint density at radius 2 is 1.52 bits per heavy atom. The molecular formula is C25H27FN2O5. The van der Waals surface area contributed by atoms with Gasteiger partial charge in [-0.3, -0.25) is 14.4 Å². The zero-order valence-corrected chi connectivity index (χ0v) is 18.3. The van der Waals surface area contributed by atoms with Crippen LogP contribution in [0.1, 0.15) is 34.9 Å². The third-order valence-corrected chi connectivity index (χ3v) is 6.09. The first kappa shape index (κ1) is 22.9. The molecule has 2 heterocycles. The topological polar surface area (TPSA) is 76.2 Å². The largest absolute Gasteiger partial charge is 0.447 e. The molecular weight excluding hydrogens is 427 g/mol. The van der Waals surface area contributed by atoms with Crippen molar-refractivity contribution in [3.8, 4) is 0 Å². The quantitative estimate of drug-likeness (QED) is 0.650. The summed E-state index contributed by atoms with van der Waals surface area (Å²) < 4.78 is 24.2. The summed E-state index contributed by atoms with van der Waals surface area (Å²) >= 11 is 0. The first-order valence-electron chi connectivity index (χ1n) is 11.2. The first-order chi connectivity index (χ1) is 16.0. The van der Waals surface area contributed by atoms with E-state index >= 15 is 0 Å². The summed E-state index contributed by atoms with van der Waals surface area (Å²) in [6.07, 6.45) is -0.117. The van der Waals surface area contributed by atoms with Gasteiger partial charge in [0.1, 0.15) is 5.82 Å². The van der Waals surface area contributed by atoms with Crippen molar-refractivity contribution in [1.82, 2.24) is 9.80 Å². The van der Waals surface area contributed by atoms with E-state index < -0.39 is 23.8 Å². The molecule has 0 bridgehead atoms. The minimum absolute atomic E-state index is 0.188. The number of carbonyl (C=O) groups excluding carboxylic acids is 3. The van der Waals surface area contributed by atoms with E-state index in [0.29, 0.717) is 63.4 Å². The highest BCUT2D eigenvalue weighted by atomic mass is 19.1. The van der Waals surface area contributed by atoms with Gasteiger partial charge in [-0.1, -0.05) is 30.3 Å². The fourth-order valence-electron chi connectivity index (χ4n) is 4.14. The second-order valence-electron chi connectivity index (χ2n) is 8.24. The van der Waals surface area contributed by atoms with Gasteiger partial charge in [0.2, 0.25) is 6.10 Å². The second kappa shape index (κ2) is 10.6. The molecule has 7 nitrogen and oxygen atoms in total. The zero-order valence-electron chi connectivity index (χ0n) is 18.3. The van der Waals surface area contributed by atoms with Crippen molar-refractivity contribution in [2.45, 2.75) is 18.9 Å². The first-order valence-corrected chi connectivity index (χ1v) is 11.2. The van der Waals surface area contributed by atoms with E-state index in [-0.39, 0.29) is 11.8 Å². The van der Waals surface area contributed by atoms with Gasteiger partial charge < -0.3 is 19.3 Å². The van der Waals surface area contributed by atoms with Crippen molar-refractivity contribution >= 4 is 17.8 Å². The van der Waals surface area contributed by atoms with E-state index in [9.17, 15) is 18.8 Å². The number of esters is 1. The monoisotopic (exact) mass is 454 g/mol. The highest BCUT2D eigenvalue weighted by Crippen LogP contribution is 2.26. The second-order valence-corrected chi connectivity index (χ2v) is 8.24. The number of rotatable bonds is 5. The molecule has 1 atom stereocenters. The maximum Gasteiger partial charge on any atom is 0.310 e. The average Bonchev–Trinajstić information content (AvgIpc) is 2.88. The maximum atomic E-state index is 13.2. The Hall–Kier alpha value is -3.26. The molecule has 2 aromatic carbocycles. The van der Waals surface area contributed by atoms with Crippen LogP contribution in [0, 0.1) is 11.7 Å². The smallest absolute Gasteiger partial charge is 0.310 e. The molecule has 2 aliphatic heterocycles. The van der Waals surface area contributed by atoms with Crippen molar-refractivity contribution in [2.75, 3.05) is 39.4 Å². The molecule has 0 spiro atoms. The molecule has 0 aliphatic carbocycles. The number of likely N-dealkylation sites (tertiary alicyclic amines) is 1. The lowest BCUT2D eigenvalue weighted by Gasteiger charge is -2.33. The lowest BCUT2D eigenvalue weighted by molar-refractivity contribution is -0.167. The SMILES string of the molecule is O=C(O[C@@H](C(=O)N1CCOCC1)c1ccccc1)C1CCN(C(=O)c2ccc(F)cc2)CC1. The van der Waals surface area contributed by atoms with Gasteiger partial charge in [0, 0.05) is 37.3 Å². The molecule has 174 valence electrons. The predicted molar refractivity (Wildman–Crippen MR) is 118 cm³/mol. The molecule has 4 rings (SSSR count). The molecule has 2 amide bonds. The van der Waals surface area contributed by atoms with Gasteiger partial charge in [-0.15, -0.1) is 0 Å². The van der Waals surface area contributed by atoms with Gasteiger partial charge in [-0.05, 0) is 37.1 Å². The third-order valence-electron chi connectivity index (χ3n) is 6.09. The average molecular weight is 454 g/mol. The summed E-state index contributed by atoms with van der Waals surface area (Å²) in [5, 5.41) is 0. The third kappa shape index (κ3) is 5.57. The summed E-state index contributed by atoms with van der Waals surface area (Å²) in [6.45, 7) is 2.63. The summed E-state index contributed by atoms with van der Waals surface area (Å²) in [4.78, 5) is 42.1. The fourth-order valence-corrected chi connectivity index (χ4v) is 4.14. The van der Waals surface area contributed by atoms with Crippen LogP contribution in [0.15, 0.2) is 54.6 Å². The van der Waals surface area contributed by atoms with Crippen molar-refractivity contribution in [1.29, 1.82) is 0 Å². The van der Waals surface area contributed by atoms with E-state index in [1.165, 1.54) is 24.3 Å². The van der Waals surface area contributed by atoms with Gasteiger partial charge in [0.15, 0.2) is 0 Å². The number of hydrogen-bond acceptors (Lipinski definition) is 5. The van der Waals surface area contributed by atoms with Crippen LogP contribution in [-0.2, 0) is 19.1 Å².